The number of rotatable bonds is 6. The standard InChI is InChI=1S/C16H22O2/c1-2-5-13-8-10-14(11-9-13)16(17)12-18-15-6-3-4-7-15/h8-11,15H,2-7,12H2,1H3. The van der Waals surface area contributed by atoms with Crippen LogP contribution in [0.4, 0.5) is 0 Å². The first-order valence-corrected chi connectivity index (χ1v) is 7.03. The maximum absolute atomic E-state index is 11.9. The van der Waals surface area contributed by atoms with E-state index in [0.717, 1.165) is 31.2 Å². The third kappa shape index (κ3) is 3.67. The van der Waals surface area contributed by atoms with E-state index in [0.29, 0.717) is 6.10 Å². The Bertz CT molecular complexity index is 375. The minimum atomic E-state index is 0.102. The maximum Gasteiger partial charge on any atom is 0.188 e. The molecule has 0 aromatic heterocycles. The monoisotopic (exact) mass is 246 g/mol. The van der Waals surface area contributed by atoms with Crippen LogP contribution in [0.5, 0.6) is 0 Å². The van der Waals surface area contributed by atoms with Gasteiger partial charge in [-0.1, -0.05) is 50.5 Å². The summed E-state index contributed by atoms with van der Waals surface area (Å²) in [6, 6.07) is 7.94. The molecule has 0 unspecified atom stereocenters. The van der Waals surface area contributed by atoms with Gasteiger partial charge in [0.15, 0.2) is 5.78 Å². The number of benzene rings is 1. The van der Waals surface area contributed by atoms with Crippen molar-refractivity contribution in [3.8, 4) is 0 Å². The van der Waals surface area contributed by atoms with Crippen LogP contribution >= 0.6 is 0 Å². The number of aryl methyl sites for hydroxylation is 1. The van der Waals surface area contributed by atoms with Crippen LogP contribution in [0.15, 0.2) is 24.3 Å². The molecule has 1 aliphatic carbocycles. The molecular weight excluding hydrogens is 224 g/mol. The summed E-state index contributed by atoms with van der Waals surface area (Å²) < 4.78 is 5.65. The second kappa shape index (κ2) is 6.69. The van der Waals surface area contributed by atoms with Crippen molar-refractivity contribution in [3.63, 3.8) is 0 Å². The van der Waals surface area contributed by atoms with Gasteiger partial charge in [-0.25, -0.2) is 0 Å². The average molecular weight is 246 g/mol. The SMILES string of the molecule is CCCc1ccc(C(=O)COC2CCCC2)cc1. The maximum atomic E-state index is 11.9. The Labute approximate surface area is 109 Å². The van der Waals surface area contributed by atoms with Gasteiger partial charge in [0.2, 0.25) is 0 Å². The van der Waals surface area contributed by atoms with Gasteiger partial charge in [0.05, 0.1) is 6.10 Å². The summed E-state index contributed by atoms with van der Waals surface area (Å²) in [5.74, 6) is 0.102. The van der Waals surface area contributed by atoms with Gasteiger partial charge in [-0.05, 0) is 24.8 Å². The van der Waals surface area contributed by atoms with Crippen LogP contribution in [0.1, 0.15) is 54.9 Å². The van der Waals surface area contributed by atoms with Crippen molar-refractivity contribution in [2.75, 3.05) is 6.61 Å². The highest BCUT2D eigenvalue weighted by Gasteiger charge is 2.17. The molecule has 1 saturated carbocycles. The summed E-state index contributed by atoms with van der Waals surface area (Å²) in [6.07, 6.45) is 7.24. The fraction of sp³-hybridized carbons (Fsp3) is 0.562. The van der Waals surface area contributed by atoms with Crippen molar-refractivity contribution in [2.24, 2.45) is 0 Å². The number of Topliss-reactive ketones (excluding diaryl/α,β-unsaturated/α-hetero) is 1. The van der Waals surface area contributed by atoms with Crippen LogP contribution in [0.25, 0.3) is 0 Å². The Morgan fingerprint density at radius 2 is 1.89 bits per heavy atom. The van der Waals surface area contributed by atoms with Crippen molar-refractivity contribution in [1.29, 1.82) is 0 Å². The number of ether oxygens (including phenoxy) is 1. The molecule has 1 fully saturated rings. The predicted molar refractivity (Wildman–Crippen MR) is 73.0 cm³/mol. The molecule has 1 aliphatic rings. The first-order chi connectivity index (χ1) is 8.79. The lowest BCUT2D eigenvalue weighted by atomic mass is 10.1. The molecule has 0 spiro atoms. The van der Waals surface area contributed by atoms with Crippen LogP contribution in [-0.2, 0) is 11.2 Å². The number of hydrogen-bond donors (Lipinski definition) is 0. The zero-order valence-electron chi connectivity index (χ0n) is 11.2. The molecule has 0 amide bonds. The van der Waals surface area contributed by atoms with Crippen LogP contribution < -0.4 is 0 Å². The third-order valence-corrected chi connectivity index (χ3v) is 3.57. The first kappa shape index (κ1) is 13.3. The molecule has 1 aromatic rings. The highest BCUT2D eigenvalue weighted by atomic mass is 16.5. The predicted octanol–water partition coefficient (Wildman–Crippen LogP) is 3.78. The van der Waals surface area contributed by atoms with Crippen molar-refractivity contribution >= 4 is 5.78 Å². The lowest BCUT2D eigenvalue weighted by Gasteiger charge is -2.10. The lowest BCUT2D eigenvalue weighted by Crippen LogP contribution is -2.15. The van der Waals surface area contributed by atoms with Gasteiger partial charge in [0.25, 0.3) is 0 Å². The quantitative estimate of drug-likeness (QED) is 0.714. The summed E-state index contributed by atoms with van der Waals surface area (Å²) in [4.78, 5) is 11.9. The van der Waals surface area contributed by atoms with Gasteiger partial charge in [-0.3, -0.25) is 4.79 Å². The molecule has 0 N–H and O–H groups in total. The van der Waals surface area contributed by atoms with E-state index < -0.39 is 0 Å². The summed E-state index contributed by atoms with van der Waals surface area (Å²) >= 11 is 0. The van der Waals surface area contributed by atoms with E-state index in [9.17, 15) is 4.79 Å². The first-order valence-electron chi connectivity index (χ1n) is 7.03. The number of ketones is 1. The van der Waals surface area contributed by atoms with Crippen LogP contribution in [0.2, 0.25) is 0 Å². The normalized spacial score (nSPS) is 16.1. The molecule has 18 heavy (non-hydrogen) atoms. The Hall–Kier alpha value is -1.15. The number of carbonyl (C=O) groups excluding carboxylic acids is 1. The minimum Gasteiger partial charge on any atom is -0.370 e. The van der Waals surface area contributed by atoms with Crippen LogP contribution in [0.3, 0.4) is 0 Å². The molecule has 0 heterocycles. The molecule has 2 heteroatoms. The number of hydrogen-bond acceptors (Lipinski definition) is 2. The molecule has 0 bridgehead atoms. The number of carbonyl (C=O) groups is 1. The summed E-state index contributed by atoms with van der Waals surface area (Å²) in [5.41, 5.74) is 2.07. The van der Waals surface area contributed by atoms with Gasteiger partial charge in [-0.15, -0.1) is 0 Å². The van der Waals surface area contributed by atoms with Crippen molar-refractivity contribution in [2.45, 2.75) is 51.6 Å². The Kier molecular flexibility index (Phi) is 4.94. The van der Waals surface area contributed by atoms with E-state index in [4.69, 9.17) is 4.74 Å². The molecule has 2 nitrogen and oxygen atoms in total. The highest BCUT2D eigenvalue weighted by Crippen LogP contribution is 2.21. The summed E-state index contributed by atoms with van der Waals surface area (Å²) in [7, 11) is 0. The summed E-state index contributed by atoms with van der Waals surface area (Å²) in [6.45, 7) is 2.40. The largest absolute Gasteiger partial charge is 0.370 e. The van der Waals surface area contributed by atoms with Crippen LogP contribution in [0, 0.1) is 0 Å². The van der Waals surface area contributed by atoms with Gasteiger partial charge in [0, 0.05) is 5.56 Å². The van der Waals surface area contributed by atoms with Gasteiger partial charge in [0.1, 0.15) is 6.61 Å². The van der Waals surface area contributed by atoms with E-state index in [1.54, 1.807) is 0 Å². The molecular formula is C16H22O2. The molecule has 0 atom stereocenters. The van der Waals surface area contributed by atoms with E-state index in [-0.39, 0.29) is 12.4 Å². The lowest BCUT2D eigenvalue weighted by molar-refractivity contribution is 0.0482. The molecule has 1 aromatic carbocycles. The Morgan fingerprint density at radius 1 is 1.22 bits per heavy atom. The molecule has 0 saturated heterocycles. The van der Waals surface area contributed by atoms with Crippen LogP contribution in [-0.4, -0.2) is 18.5 Å². The smallest absolute Gasteiger partial charge is 0.188 e. The zero-order valence-corrected chi connectivity index (χ0v) is 11.2. The fourth-order valence-corrected chi connectivity index (χ4v) is 2.48. The van der Waals surface area contributed by atoms with E-state index in [2.05, 4.69) is 6.92 Å². The van der Waals surface area contributed by atoms with E-state index in [1.807, 2.05) is 24.3 Å². The van der Waals surface area contributed by atoms with Crippen molar-refractivity contribution in [1.82, 2.24) is 0 Å². The van der Waals surface area contributed by atoms with E-state index in [1.165, 1.54) is 18.4 Å². The third-order valence-electron chi connectivity index (χ3n) is 3.57. The van der Waals surface area contributed by atoms with Gasteiger partial charge in [-0.2, -0.15) is 0 Å². The minimum absolute atomic E-state index is 0.102. The molecule has 98 valence electrons. The van der Waals surface area contributed by atoms with Gasteiger partial charge < -0.3 is 4.74 Å². The van der Waals surface area contributed by atoms with Crippen molar-refractivity contribution < 1.29 is 9.53 Å². The average Bonchev–Trinajstić information content (AvgIpc) is 2.90. The fourth-order valence-electron chi connectivity index (χ4n) is 2.48. The Morgan fingerprint density at radius 3 is 2.50 bits per heavy atom. The van der Waals surface area contributed by atoms with Crippen molar-refractivity contribution in [3.05, 3.63) is 35.4 Å². The molecule has 0 aliphatic heterocycles. The Balaban J connectivity index is 1.83. The second-order valence-corrected chi connectivity index (χ2v) is 5.09. The zero-order chi connectivity index (χ0) is 12.8. The summed E-state index contributed by atoms with van der Waals surface area (Å²) in [5, 5.41) is 0. The van der Waals surface area contributed by atoms with E-state index >= 15 is 0 Å². The second-order valence-electron chi connectivity index (χ2n) is 5.09. The topological polar surface area (TPSA) is 26.3 Å². The molecule has 0 radical (unpaired) electrons. The molecule has 2 rings (SSSR count). The highest BCUT2D eigenvalue weighted by molar-refractivity contribution is 5.97. The van der Waals surface area contributed by atoms with Gasteiger partial charge >= 0.3 is 0 Å².